The molecule has 3 nitrogen and oxygen atoms in total. The van der Waals surface area contributed by atoms with Crippen molar-refractivity contribution in [3.63, 3.8) is 0 Å². The number of hydrogen-bond acceptors (Lipinski definition) is 3. The maximum absolute atomic E-state index is 5.89. The zero-order valence-corrected chi connectivity index (χ0v) is 12.1. The monoisotopic (exact) mass is 251 g/mol. The molecule has 1 rings (SSSR count). The molecule has 0 saturated carbocycles. The Morgan fingerprint density at radius 3 is 2.39 bits per heavy atom. The molecule has 0 saturated heterocycles. The largest absolute Gasteiger partial charge is 0.496 e. The highest BCUT2D eigenvalue weighted by atomic mass is 16.5. The number of nitrogens with one attached hydrogen (secondary N) is 1. The van der Waals surface area contributed by atoms with Crippen molar-refractivity contribution in [2.24, 2.45) is 5.92 Å². The van der Waals surface area contributed by atoms with E-state index in [0.717, 1.165) is 30.2 Å². The van der Waals surface area contributed by atoms with E-state index in [2.05, 4.69) is 33.0 Å². The lowest BCUT2D eigenvalue weighted by Gasteiger charge is -2.21. The Morgan fingerprint density at radius 1 is 1.17 bits per heavy atom. The van der Waals surface area contributed by atoms with Crippen molar-refractivity contribution in [2.45, 2.75) is 33.7 Å². The second-order valence-electron chi connectivity index (χ2n) is 4.86. The van der Waals surface area contributed by atoms with Gasteiger partial charge in [0.05, 0.1) is 19.3 Å². The maximum Gasteiger partial charge on any atom is 0.127 e. The van der Waals surface area contributed by atoms with E-state index in [4.69, 9.17) is 9.47 Å². The molecule has 0 aliphatic carbocycles. The van der Waals surface area contributed by atoms with Crippen LogP contribution in [0.25, 0.3) is 0 Å². The van der Waals surface area contributed by atoms with Crippen molar-refractivity contribution in [2.75, 3.05) is 20.3 Å². The molecule has 0 spiro atoms. The normalized spacial score (nSPS) is 12.6. The number of methoxy groups -OCH3 is 1. The third-order valence-corrected chi connectivity index (χ3v) is 2.76. The Bertz CT molecular complexity index is 364. The fourth-order valence-corrected chi connectivity index (χ4v) is 1.92. The molecule has 18 heavy (non-hydrogen) atoms. The fourth-order valence-electron chi connectivity index (χ4n) is 1.92. The van der Waals surface area contributed by atoms with Crippen LogP contribution in [0.4, 0.5) is 0 Å². The highest BCUT2D eigenvalue weighted by molar-refractivity contribution is 5.46. The quantitative estimate of drug-likeness (QED) is 0.805. The minimum absolute atomic E-state index is 0.216. The van der Waals surface area contributed by atoms with Crippen molar-refractivity contribution >= 4 is 0 Å². The SMILES string of the molecule is CCNC(C)c1c(OC)cccc1OCC(C)C. The van der Waals surface area contributed by atoms with Gasteiger partial charge in [-0.2, -0.15) is 0 Å². The van der Waals surface area contributed by atoms with Crippen LogP contribution in [0.2, 0.25) is 0 Å². The van der Waals surface area contributed by atoms with Crippen molar-refractivity contribution in [1.29, 1.82) is 0 Å². The van der Waals surface area contributed by atoms with E-state index in [1.807, 2.05) is 18.2 Å². The van der Waals surface area contributed by atoms with Gasteiger partial charge in [-0.15, -0.1) is 0 Å². The second-order valence-corrected chi connectivity index (χ2v) is 4.86. The minimum Gasteiger partial charge on any atom is -0.496 e. The summed E-state index contributed by atoms with van der Waals surface area (Å²) in [6, 6.07) is 6.17. The van der Waals surface area contributed by atoms with Crippen LogP contribution < -0.4 is 14.8 Å². The van der Waals surface area contributed by atoms with E-state index in [1.165, 1.54) is 0 Å². The molecule has 1 N–H and O–H groups in total. The fraction of sp³-hybridized carbons (Fsp3) is 0.600. The first kappa shape index (κ1) is 14.8. The zero-order chi connectivity index (χ0) is 13.5. The van der Waals surface area contributed by atoms with Crippen LogP contribution >= 0.6 is 0 Å². The molecule has 1 aromatic carbocycles. The topological polar surface area (TPSA) is 30.5 Å². The molecule has 0 radical (unpaired) electrons. The second kappa shape index (κ2) is 7.27. The highest BCUT2D eigenvalue weighted by Crippen LogP contribution is 2.34. The van der Waals surface area contributed by atoms with Crippen LogP contribution in [0, 0.1) is 5.92 Å². The summed E-state index contributed by atoms with van der Waals surface area (Å²) in [5.74, 6) is 2.31. The summed E-state index contributed by atoms with van der Waals surface area (Å²) in [5.41, 5.74) is 1.10. The summed E-state index contributed by atoms with van der Waals surface area (Å²) in [4.78, 5) is 0. The van der Waals surface area contributed by atoms with Crippen LogP contribution in [0.5, 0.6) is 11.5 Å². The van der Waals surface area contributed by atoms with Gasteiger partial charge >= 0.3 is 0 Å². The molecule has 0 fully saturated rings. The number of hydrogen-bond donors (Lipinski definition) is 1. The van der Waals surface area contributed by atoms with Gasteiger partial charge < -0.3 is 14.8 Å². The van der Waals surface area contributed by atoms with E-state index in [1.54, 1.807) is 7.11 Å². The van der Waals surface area contributed by atoms with Gasteiger partial charge in [-0.1, -0.05) is 26.8 Å². The van der Waals surface area contributed by atoms with Crippen LogP contribution in [-0.2, 0) is 0 Å². The lowest BCUT2D eigenvalue weighted by molar-refractivity contribution is 0.264. The van der Waals surface area contributed by atoms with Gasteiger partial charge in [0, 0.05) is 6.04 Å². The lowest BCUT2D eigenvalue weighted by Crippen LogP contribution is -2.19. The van der Waals surface area contributed by atoms with E-state index < -0.39 is 0 Å². The molecule has 1 unspecified atom stereocenters. The molecule has 102 valence electrons. The maximum atomic E-state index is 5.89. The molecule has 1 atom stereocenters. The molecule has 1 aromatic rings. The first-order chi connectivity index (χ1) is 8.60. The Balaban J connectivity index is 3.00. The molecule has 0 amide bonds. The third kappa shape index (κ3) is 3.91. The van der Waals surface area contributed by atoms with Crippen molar-refractivity contribution < 1.29 is 9.47 Å². The van der Waals surface area contributed by atoms with Crippen molar-refractivity contribution in [3.8, 4) is 11.5 Å². The summed E-state index contributed by atoms with van der Waals surface area (Å²) >= 11 is 0. The third-order valence-electron chi connectivity index (χ3n) is 2.76. The zero-order valence-electron chi connectivity index (χ0n) is 12.1. The molecule has 3 heteroatoms. The summed E-state index contributed by atoms with van der Waals surface area (Å²) in [6.45, 7) is 10.2. The number of rotatable bonds is 7. The van der Waals surface area contributed by atoms with Gasteiger partial charge in [0.25, 0.3) is 0 Å². The van der Waals surface area contributed by atoms with Crippen LogP contribution in [-0.4, -0.2) is 20.3 Å². The summed E-state index contributed by atoms with van der Waals surface area (Å²) in [6.07, 6.45) is 0. The molecular weight excluding hydrogens is 226 g/mol. The molecule has 0 bridgehead atoms. The Labute approximate surface area is 110 Å². The van der Waals surface area contributed by atoms with Crippen molar-refractivity contribution in [3.05, 3.63) is 23.8 Å². The van der Waals surface area contributed by atoms with Gasteiger partial charge in [0.1, 0.15) is 11.5 Å². The summed E-state index contributed by atoms with van der Waals surface area (Å²) in [7, 11) is 1.70. The lowest BCUT2D eigenvalue weighted by atomic mass is 10.1. The van der Waals surface area contributed by atoms with Crippen LogP contribution in [0.1, 0.15) is 39.3 Å². The molecular formula is C15H25NO2. The van der Waals surface area contributed by atoms with Crippen LogP contribution in [0.15, 0.2) is 18.2 Å². The first-order valence-corrected chi connectivity index (χ1v) is 6.63. The standard InChI is InChI=1S/C15H25NO2/c1-6-16-12(4)15-13(17-5)8-7-9-14(15)18-10-11(2)3/h7-9,11-12,16H,6,10H2,1-5H3. The molecule has 0 heterocycles. The van der Waals surface area contributed by atoms with E-state index >= 15 is 0 Å². The number of ether oxygens (including phenoxy) is 2. The van der Waals surface area contributed by atoms with Crippen molar-refractivity contribution in [1.82, 2.24) is 5.32 Å². The van der Waals surface area contributed by atoms with E-state index in [-0.39, 0.29) is 6.04 Å². The highest BCUT2D eigenvalue weighted by Gasteiger charge is 2.16. The molecule has 0 aliphatic rings. The van der Waals surface area contributed by atoms with Gasteiger partial charge in [0.15, 0.2) is 0 Å². The van der Waals surface area contributed by atoms with Crippen LogP contribution in [0.3, 0.4) is 0 Å². The Kier molecular flexibility index (Phi) is 5.99. The molecule has 0 aliphatic heterocycles. The first-order valence-electron chi connectivity index (χ1n) is 6.63. The minimum atomic E-state index is 0.216. The van der Waals surface area contributed by atoms with E-state index in [0.29, 0.717) is 5.92 Å². The summed E-state index contributed by atoms with van der Waals surface area (Å²) < 4.78 is 11.3. The predicted molar refractivity (Wildman–Crippen MR) is 75.4 cm³/mol. The predicted octanol–water partition coefficient (Wildman–Crippen LogP) is 3.40. The van der Waals surface area contributed by atoms with Gasteiger partial charge in [-0.25, -0.2) is 0 Å². The number of benzene rings is 1. The summed E-state index contributed by atoms with van der Waals surface area (Å²) in [5, 5.41) is 3.40. The molecule has 0 aromatic heterocycles. The van der Waals surface area contributed by atoms with E-state index in [9.17, 15) is 0 Å². The van der Waals surface area contributed by atoms with Gasteiger partial charge in [-0.3, -0.25) is 0 Å². The van der Waals surface area contributed by atoms with Gasteiger partial charge in [0.2, 0.25) is 0 Å². The Morgan fingerprint density at radius 2 is 1.83 bits per heavy atom. The van der Waals surface area contributed by atoms with Gasteiger partial charge in [-0.05, 0) is 31.5 Å². The average Bonchev–Trinajstić information content (AvgIpc) is 2.35. The Hall–Kier alpha value is -1.22. The smallest absolute Gasteiger partial charge is 0.127 e. The average molecular weight is 251 g/mol.